The first-order chi connectivity index (χ1) is 11.6. The lowest BCUT2D eigenvalue weighted by atomic mass is 10.2. The van der Waals surface area contributed by atoms with E-state index in [0.717, 1.165) is 10.0 Å². The van der Waals surface area contributed by atoms with Gasteiger partial charge in [-0.2, -0.15) is 5.10 Å². The van der Waals surface area contributed by atoms with E-state index in [4.69, 9.17) is 0 Å². The van der Waals surface area contributed by atoms with Crippen LogP contribution in [0.25, 0.3) is 11.4 Å². The Balaban J connectivity index is 1.62. The molecule has 1 unspecified atom stereocenters. The molecule has 0 saturated heterocycles. The molecule has 0 fully saturated rings. The number of amides is 2. The minimum Gasteiger partial charge on any atom is -0.328 e. The van der Waals surface area contributed by atoms with Crippen LogP contribution in [-0.2, 0) is 0 Å². The van der Waals surface area contributed by atoms with Crippen LogP contribution in [0.2, 0.25) is 0 Å². The van der Waals surface area contributed by atoms with E-state index in [9.17, 15) is 4.79 Å². The van der Waals surface area contributed by atoms with Gasteiger partial charge in [-0.15, -0.1) is 0 Å². The third-order valence-corrected chi connectivity index (χ3v) is 3.83. The lowest BCUT2D eigenvalue weighted by Gasteiger charge is -2.12. The maximum Gasteiger partial charge on any atom is 0.319 e. The molecule has 0 spiro atoms. The van der Waals surface area contributed by atoms with Crippen molar-refractivity contribution in [3.8, 4) is 11.4 Å². The number of hydrogen-bond donors (Lipinski definition) is 3. The van der Waals surface area contributed by atoms with Gasteiger partial charge in [-0.25, -0.2) is 9.78 Å². The Kier molecular flexibility index (Phi) is 4.85. The van der Waals surface area contributed by atoms with Crippen LogP contribution in [0.4, 0.5) is 10.5 Å². The molecule has 1 atom stereocenters. The monoisotopic (exact) mass is 386 g/mol. The lowest BCUT2D eigenvalue weighted by molar-refractivity contribution is 0.249. The average molecular weight is 387 g/mol. The molecule has 3 aromatic rings. The number of H-pyrrole nitrogens is 1. The van der Waals surface area contributed by atoms with Crippen LogP contribution in [0.1, 0.15) is 18.8 Å². The van der Waals surface area contributed by atoms with Gasteiger partial charge in [-0.05, 0) is 43.3 Å². The maximum atomic E-state index is 12.1. The first-order valence-electron chi connectivity index (χ1n) is 7.27. The largest absolute Gasteiger partial charge is 0.328 e. The average Bonchev–Trinajstić information content (AvgIpc) is 3.08. The fourth-order valence-corrected chi connectivity index (χ4v) is 2.33. The van der Waals surface area contributed by atoms with E-state index in [0.29, 0.717) is 17.3 Å². The van der Waals surface area contributed by atoms with Crippen LogP contribution in [0.3, 0.4) is 0 Å². The van der Waals surface area contributed by atoms with Crippen molar-refractivity contribution in [2.24, 2.45) is 0 Å². The summed E-state index contributed by atoms with van der Waals surface area (Å²) in [5.41, 5.74) is 1.57. The van der Waals surface area contributed by atoms with Crippen molar-refractivity contribution in [1.29, 1.82) is 0 Å². The first kappa shape index (κ1) is 16.1. The van der Waals surface area contributed by atoms with Crippen molar-refractivity contribution in [2.45, 2.75) is 13.0 Å². The van der Waals surface area contributed by atoms with E-state index >= 15 is 0 Å². The normalized spacial score (nSPS) is 11.8. The number of carbonyl (C=O) groups excluding carboxylic acids is 1. The summed E-state index contributed by atoms with van der Waals surface area (Å²) in [4.78, 5) is 20.4. The molecule has 0 aliphatic carbocycles. The van der Waals surface area contributed by atoms with Crippen LogP contribution < -0.4 is 10.6 Å². The fourth-order valence-electron chi connectivity index (χ4n) is 2.06. The van der Waals surface area contributed by atoms with Crippen LogP contribution in [0.15, 0.2) is 53.3 Å². The van der Waals surface area contributed by atoms with Gasteiger partial charge in [-0.1, -0.05) is 15.9 Å². The third-order valence-electron chi connectivity index (χ3n) is 3.30. The molecule has 0 aliphatic rings. The van der Waals surface area contributed by atoms with Crippen molar-refractivity contribution in [3.05, 3.63) is 59.1 Å². The Labute approximate surface area is 147 Å². The number of anilines is 1. The van der Waals surface area contributed by atoms with Crippen molar-refractivity contribution < 1.29 is 4.79 Å². The zero-order valence-electron chi connectivity index (χ0n) is 12.8. The van der Waals surface area contributed by atoms with Gasteiger partial charge >= 0.3 is 6.03 Å². The molecule has 0 radical (unpaired) electrons. The van der Waals surface area contributed by atoms with Gasteiger partial charge in [0, 0.05) is 28.1 Å². The Morgan fingerprint density at radius 3 is 2.58 bits per heavy atom. The third kappa shape index (κ3) is 3.96. The number of urea groups is 1. The molecule has 0 saturated carbocycles. The molecule has 0 aliphatic heterocycles. The molecule has 7 nitrogen and oxygen atoms in total. The van der Waals surface area contributed by atoms with E-state index in [1.165, 1.54) is 0 Å². The fraction of sp³-hybridized carbons (Fsp3) is 0.125. The summed E-state index contributed by atoms with van der Waals surface area (Å²) in [5, 5.41) is 12.6. The predicted molar refractivity (Wildman–Crippen MR) is 94.3 cm³/mol. The second kappa shape index (κ2) is 7.22. The number of pyridine rings is 1. The summed E-state index contributed by atoms with van der Waals surface area (Å²) < 4.78 is 0.951. The molecule has 2 heterocycles. The molecule has 1 aromatic carbocycles. The minimum atomic E-state index is -0.316. The molecule has 122 valence electrons. The number of aromatic nitrogens is 4. The van der Waals surface area contributed by atoms with Gasteiger partial charge < -0.3 is 10.6 Å². The first-order valence-corrected chi connectivity index (χ1v) is 8.07. The van der Waals surface area contributed by atoms with Gasteiger partial charge in [0.05, 0.1) is 6.04 Å². The quantitative estimate of drug-likeness (QED) is 0.639. The molecular weight excluding hydrogens is 372 g/mol. The molecular formula is C16H15BrN6O. The minimum absolute atomic E-state index is 0.313. The SMILES string of the molecule is CC(NC(=O)Nc1ccc(Br)cc1)c1nc(-c2ccncc2)n[nH]1. The summed E-state index contributed by atoms with van der Waals surface area (Å²) in [7, 11) is 0. The number of nitrogens with one attached hydrogen (secondary N) is 3. The number of rotatable bonds is 4. The van der Waals surface area contributed by atoms with Crippen molar-refractivity contribution in [3.63, 3.8) is 0 Å². The Morgan fingerprint density at radius 1 is 1.17 bits per heavy atom. The van der Waals surface area contributed by atoms with Gasteiger partial charge in [0.1, 0.15) is 5.82 Å². The van der Waals surface area contributed by atoms with E-state index in [-0.39, 0.29) is 12.1 Å². The number of hydrogen-bond acceptors (Lipinski definition) is 4. The molecule has 2 amide bonds. The Bertz CT molecular complexity index is 818. The lowest BCUT2D eigenvalue weighted by Crippen LogP contribution is -2.31. The van der Waals surface area contributed by atoms with Crippen molar-refractivity contribution >= 4 is 27.6 Å². The molecule has 2 aromatic heterocycles. The topological polar surface area (TPSA) is 95.6 Å². The van der Waals surface area contributed by atoms with E-state index in [1.807, 2.05) is 43.3 Å². The van der Waals surface area contributed by atoms with Crippen LogP contribution in [0, 0.1) is 0 Å². The summed E-state index contributed by atoms with van der Waals surface area (Å²) in [5.74, 6) is 1.14. The Morgan fingerprint density at radius 2 is 1.88 bits per heavy atom. The van der Waals surface area contributed by atoms with E-state index < -0.39 is 0 Å². The summed E-state index contributed by atoms with van der Waals surface area (Å²) in [6.45, 7) is 1.83. The smallest absolute Gasteiger partial charge is 0.319 e. The highest BCUT2D eigenvalue weighted by atomic mass is 79.9. The van der Waals surface area contributed by atoms with Crippen LogP contribution >= 0.6 is 15.9 Å². The van der Waals surface area contributed by atoms with E-state index in [1.54, 1.807) is 12.4 Å². The summed E-state index contributed by atoms with van der Waals surface area (Å²) in [6, 6.07) is 10.4. The van der Waals surface area contributed by atoms with Crippen LogP contribution in [0.5, 0.6) is 0 Å². The van der Waals surface area contributed by atoms with Crippen molar-refractivity contribution in [1.82, 2.24) is 25.5 Å². The molecule has 24 heavy (non-hydrogen) atoms. The van der Waals surface area contributed by atoms with Gasteiger partial charge in [-0.3, -0.25) is 10.1 Å². The molecule has 3 N–H and O–H groups in total. The molecule has 0 bridgehead atoms. The Hall–Kier alpha value is -2.74. The standard InChI is InChI=1S/C16H15BrN6O/c1-10(19-16(24)20-13-4-2-12(17)3-5-13)14-21-15(23-22-14)11-6-8-18-9-7-11/h2-10H,1H3,(H2,19,20,24)(H,21,22,23). The molecule has 8 heteroatoms. The number of nitrogens with zero attached hydrogens (tertiary/aromatic N) is 3. The highest BCUT2D eigenvalue weighted by Gasteiger charge is 2.14. The second-order valence-electron chi connectivity index (χ2n) is 5.11. The number of aromatic amines is 1. The molecule has 3 rings (SSSR count). The second-order valence-corrected chi connectivity index (χ2v) is 6.02. The highest BCUT2D eigenvalue weighted by Crippen LogP contribution is 2.16. The number of carbonyl (C=O) groups is 1. The van der Waals surface area contributed by atoms with Gasteiger partial charge in [0.25, 0.3) is 0 Å². The zero-order valence-corrected chi connectivity index (χ0v) is 14.4. The number of benzene rings is 1. The van der Waals surface area contributed by atoms with Gasteiger partial charge in [0.2, 0.25) is 0 Å². The number of halogens is 1. The predicted octanol–water partition coefficient (Wildman–Crippen LogP) is 3.51. The highest BCUT2D eigenvalue weighted by molar-refractivity contribution is 9.10. The van der Waals surface area contributed by atoms with E-state index in [2.05, 4.69) is 46.7 Å². The van der Waals surface area contributed by atoms with Crippen LogP contribution in [-0.4, -0.2) is 26.2 Å². The zero-order chi connectivity index (χ0) is 16.9. The maximum absolute atomic E-state index is 12.1. The van der Waals surface area contributed by atoms with Crippen molar-refractivity contribution in [2.75, 3.05) is 5.32 Å². The summed E-state index contributed by atoms with van der Waals surface area (Å²) in [6.07, 6.45) is 3.36. The summed E-state index contributed by atoms with van der Waals surface area (Å²) >= 11 is 3.35. The van der Waals surface area contributed by atoms with Gasteiger partial charge in [0.15, 0.2) is 5.82 Å².